The predicted molar refractivity (Wildman–Crippen MR) is 83.0 cm³/mol. The molecule has 0 radical (unpaired) electrons. The lowest BCUT2D eigenvalue weighted by Gasteiger charge is -2.28. The fraction of sp³-hybridized carbons (Fsp3) is 1.00. The van der Waals surface area contributed by atoms with Gasteiger partial charge in [0, 0.05) is 0 Å². The molecule has 0 bridgehead atoms. The van der Waals surface area contributed by atoms with E-state index >= 15 is 0 Å². The van der Waals surface area contributed by atoms with Crippen molar-refractivity contribution in [1.29, 1.82) is 0 Å². The summed E-state index contributed by atoms with van der Waals surface area (Å²) in [6, 6.07) is 0.634. The van der Waals surface area contributed by atoms with Crippen LogP contribution in [0.5, 0.6) is 0 Å². The molecule has 0 aromatic rings. The molecule has 1 N–H and O–H groups in total. The molecule has 0 aromatic heterocycles. The standard InChI is InChI=1S/C16H37N2.BrH/c1-6-7-8-9-10-11-12-13-14-17-16(2)15-18(3,4)5;/h16-17H,6-15H2,1-5H3;1H/q+1;/p-1. The van der Waals surface area contributed by atoms with Crippen LogP contribution in [-0.2, 0) is 0 Å². The molecule has 1 unspecified atom stereocenters. The zero-order valence-electron chi connectivity index (χ0n) is 14.0. The summed E-state index contributed by atoms with van der Waals surface area (Å²) >= 11 is 0. The van der Waals surface area contributed by atoms with Crippen LogP contribution in [0.2, 0.25) is 0 Å². The van der Waals surface area contributed by atoms with E-state index in [0.29, 0.717) is 6.04 Å². The van der Waals surface area contributed by atoms with Gasteiger partial charge in [-0.25, -0.2) is 0 Å². The average molecular weight is 337 g/mol. The highest BCUT2D eigenvalue weighted by molar-refractivity contribution is 4.59. The number of rotatable bonds is 12. The van der Waals surface area contributed by atoms with Crippen LogP contribution in [-0.4, -0.2) is 44.8 Å². The smallest absolute Gasteiger partial charge is 0.0933 e. The van der Waals surface area contributed by atoms with Crippen molar-refractivity contribution in [2.75, 3.05) is 34.2 Å². The normalized spacial score (nSPS) is 13.1. The molecule has 0 saturated heterocycles. The number of unbranched alkanes of at least 4 members (excludes halogenated alkanes) is 7. The van der Waals surface area contributed by atoms with Gasteiger partial charge >= 0.3 is 0 Å². The summed E-state index contributed by atoms with van der Waals surface area (Å²) in [6.45, 7) is 6.98. The number of likely N-dealkylation sites (N-methyl/N-ethyl adjacent to an activating group) is 1. The van der Waals surface area contributed by atoms with Crippen LogP contribution in [0.1, 0.15) is 65.2 Å². The first kappa shape index (κ1) is 21.7. The van der Waals surface area contributed by atoms with E-state index < -0.39 is 0 Å². The third-order valence-electron chi connectivity index (χ3n) is 3.34. The van der Waals surface area contributed by atoms with Crippen LogP contribution in [0.4, 0.5) is 0 Å². The molecule has 0 rings (SSSR count). The van der Waals surface area contributed by atoms with E-state index in [1.54, 1.807) is 0 Å². The highest BCUT2D eigenvalue weighted by Gasteiger charge is 2.12. The minimum Gasteiger partial charge on any atom is -1.00 e. The van der Waals surface area contributed by atoms with Crippen LogP contribution in [0.3, 0.4) is 0 Å². The summed E-state index contributed by atoms with van der Waals surface area (Å²) < 4.78 is 1.05. The highest BCUT2D eigenvalue weighted by Crippen LogP contribution is 2.08. The fourth-order valence-corrected chi connectivity index (χ4v) is 2.49. The minimum atomic E-state index is 0. The zero-order valence-corrected chi connectivity index (χ0v) is 15.6. The Morgan fingerprint density at radius 3 is 1.79 bits per heavy atom. The molecule has 0 spiro atoms. The van der Waals surface area contributed by atoms with E-state index in [2.05, 4.69) is 40.3 Å². The van der Waals surface area contributed by atoms with Gasteiger partial charge in [0.25, 0.3) is 0 Å². The second kappa shape index (κ2) is 13.4. The minimum absolute atomic E-state index is 0. The first-order valence-electron chi connectivity index (χ1n) is 7.99. The third kappa shape index (κ3) is 18.4. The van der Waals surface area contributed by atoms with Gasteiger partial charge in [0.2, 0.25) is 0 Å². The van der Waals surface area contributed by atoms with Crippen molar-refractivity contribution in [1.82, 2.24) is 5.32 Å². The van der Waals surface area contributed by atoms with Crippen molar-refractivity contribution >= 4 is 0 Å². The Hall–Kier alpha value is 0.400. The van der Waals surface area contributed by atoms with Gasteiger partial charge in [-0.1, -0.05) is 51.9 Å². The maximum atomic E-state index is 3.63. The summed E-state index contributed by atoms with van der Waals surface area (Å²) in [5.74, 6) is 0. The van der Waals surface area contributed by atoms with Gasteiger partial charge in [-0.05, 0) is 19.9 Å². The summed E-state index contributed by atoms with van der Waals surface area (Å²) in [5.41, 5.74) is 0. The molecular weight excluding hydrogens is 300 g/mol. The molecule has 2 nitrogen and oxygen atoms in total. The van der Waals surface area contributed by atoms with Crippen LogP contribution < -0.4 is 22.3 Å². The molecule has 1 atom stereocenters. The van der Waals surface area contributed by atoms with E-state index in [0.717, 1.165) is 4.48 Å². The zero-order chi connectivity index (χ0) is 13.9. The van der Waals surface area contributed by atoms with Crippen LogP contribution >= 0.6 is 0 Å². The topological polar surface area (TPSA) is 12.0 Å². The lowest BCUT2D eigenvalue weighted by molar-refractivity contribution is -0.871. The molecule has 0 aromatic carbocycles. The fourth-order valence-electron chi connectivity index (χ4n) is 2.49. The summed E-state index contributed by atoms with van der Waals surface area (Å²) in [7, 11) is 6.78. The van der Waals surface area contributed by atoms with E-state index in [-0.39, 0.29) is 17.0 Å². The van der Waals surface area contributed by atoms with E-state index in [1.807, 2.05) is 0 Å². The Morgan fingerprint density at radius 2 is 1.32 bits per heavy atom. The predicted octanol–water partition coefficient (Wildman–Crippen LogP) is 0.815. The Kier molecular flexibility index (Phi) is 15.3. The largest absolute Gasteiger partial charge is 1.00 e. The lowest BCUT2D eigenvalue weighted by atomic mass is 10.1. The Balaban J connectivity index is 0. The van der Waals surface area contributed by atoms with Crippen molar-refractivity contribution in [3.8, 4) is 0 Å². The summed E-state index contributed by atoms with van der Waals surface area (Å²) in [4.78, 5) is 0. The number of nitrogens with zero attached hydrogens (tertiary/aromatic N) is 1. The van der Waals surface area contributed by atoms with Gasteiger partial charge in [0.15, 0.2) is 0 Å². The van der Waals surface area contributed by atoms with Crippen molar-refractivity contribution in [3.05, 3.63) is 0 Å². The van der Waals surface area contributed by atoms with Crippen molar-refractivity contribution in [2.45, 2.75) is 71.3 Å². The molecule has 0 saturated carbocycles. The van der Waals surface area contributed by atoms with E-state index in [1.165, 1.54) is 64.5 Å². The first-order valence-corrected chi connectivity index (χ1v) is 7.99. The monoisotopic (exact) mass is 336 g/mol. The van der Waals surface area contributed by atoms with Gasteiger partial charge in [0.1, 0.15) is 0 Å². The number of halogens is 1. The van der Waals surface area contributed by atoms with Gasteiger partial charge in [-0.15, -0.1) is 0 Å². The molecule has 0 amide bonds. The molecule has 0 aliphatic heterocycles. The maximum absolute atomic E-state index is 3.63. The molecule has 0 aliphatic rings. The Labute approximate surface area is 132 Å². The first-order chi connectivity index (χ1) is 8.45. The third-order valence-corrected chi connectivity index (χ3v) is 3.34. The molecule has 0 aliphatic carbocycles. The van der Waals surface area contributed by atoms with Crippen molar-refractivity contribution in [2.24, 2.45) is 0 Å². The second-order valence-electron chi connectivity index (χ2n) is 6.80. The number of quaternary nitrogens is 1. The number of hydrogen-bond donors (Lipinski definition) is 1. The van der Waals surface area contributed by atoms with E-state index in [9.17, 15) is 0 Å². The molecule has 3 heteroatoms. The molecule has 118 valence electrons. The Bertz CT molecular complexity index is 178. The summed E-state index contributed by atoms with van der Waals surface area (Å²) in [6.07, 6.45) is 11.3. The van der Waals surface area contributed by atoms with Gasteiger partial charge in [-0.3, -0.25) is 0 Å². The van der Waals surface area contributed by atoms with Crippen molar-refractivity contribution in [3.63, 3.8) is 0 Å². The number of nitrogens with one attached hydrogen (secondary N) is 1. The summed E-state index contributed by atoms with van der Waals surface area (Å²) in [5, 5.41) is 3.63. The quantitative estimate of drug-likeness (QED) is 0.411. The maximum Gasteiger partial charge on any atom is 0.0933 e. The molecule has 19 heavy (non-hydrogen) atoms. The molecule has 0 fully saturated rings. The Morgan fingerprint density at radius 1 is 0.842 bits per heavy atom. The number of hydrogen-bond acceptors (Lipinski definition) is 1. The van der Waals surface area contributed by atoms with E-state index in [4.69, 9.17) is 0 Å². The SMILES string of the molecule is CCCCCCCCCCNC(C)C[N+](C)(C)C.[Br-]. The van der Waals surface area contributed by atoms with Gasteiger partial charge < -0.3 is 26.8 Å². The lowest BCUT2D eigenvalue weighted by Crippen LogP contribution is -3.00. The highest BCUT2D eigenvalue weighted by atomic mass is 79.9. The van der Waals surface area contributed by atoms with Crippen molar-refractivity contribution < 1.29 is 21.5 Å². The van der Waals surface area contributed by atoms with Gasteiger partial charge in [-0.2, -0.15) is 0 Å². The van der Waals surface area contributed by atoms with Crippen LogP contribution in [0, 0.1) is 0 Å². The van der Waals surface area contributed by atoms with Crippen LogP contribution in [0.25, 0.3) is 0 Å². The molecular formula is C16H37BrN2. The average Bonchev–Trinajstić information content (AvgIpc) is 2.24. The van der Waals surface area contributed by atoms with Crippen LogP contribution in [0.15, 0.2) is 0 Å². The molecule has 0 heterocycles. The second-order valence-corrected chi connectivity index (χ2v) is 6.80. The van der Waals surface area contributed by atoms with Gasteiger partial charge in [0.05, 0.1) is 33.7 Å².